The van der Waals surface area contributed by atoms with Crippen LogP contribution in [-0.2, 0) is 9.53 Å². The van der Waals surface area contributed by atoms with E-state index in [1.807, 2.05) is 12.1 Å². The number of rotatable bonds is 7. The van der Waals surface area contributed by atoms with Crippen molar-refractivity contribution in [2.75, 3.05) is 19.8 Å². The number of nitrogens with one attached hydrogen (secondary N) is 1. The van der Waals surface area contributed by atoms with Gasteiger partial charge in [-0.3, -0.25) is 9.59 Å². The van der Waals surface area contributed by atoms with Gasteiger partial charge < -0.3 is 14.8 Å². The molecule has 2 rings (SSSR count). The van der Waals surface area contributed by atoms with Gasteiger partial charge in [-0.15, -0.1) is 0 Å². The molecular formula is C17H15BrFNO4. The Morgan fingerprint density at radius 1 is 1.08 bits per heavy atom. The Morgan fingerprint density at radius 3 is 2.62 bits per heavy atom. The monoisotopic (exact) mass is 395 g/mol. The fourth-order valence-corrected chi connectivity index (χ4v) is 2.19. The van der Waals surface area contributed by atoms with E-state index in [4.69, 9.17) is 9.47 Å². The Kier molecular flexibility index (Phi) is 6.74. The van der Waals surface area contributed by atoms with Crippen LogP contribution in [0, 0.1) is 5.82 Å². The first-order valence-corrected chi connectivity index (χ1v) is 7.91. The van der Waals surface area contributed by atoms with Crippen LogP contribution >= 0.6 is 15.9 Å². The predicted octanol–water partition coefficient (Wildman–Crippen LogP) is 2.94. The molecule has 0 bridgehead atoms. The number of benzene rings is 2. The van der Waals surface area contributed by atoms with E-state index in [9.17, 15) is 14.0 Å². The van der Waals surface area contributed by atoms with E-state index in [0.717, 1.165) is 10.5 Å². The van der Waals surface area contributed by atoms with Crippen molar-refractivity contribution >= 4 is 27.8 Å². The molecule has 0 unspecified atom stereocenters. The number of ether oxygens (including phenoxy) is 2. The zero-order valence-corrected chi connectivity index (χ0v) is 14.2. The quantitative estimate of drug-likeness (QED) is 0.578. The molecule has 0 spiro atoms. The van der Waals surface area contributed by atoms with E-state index in [1.165, 1.54) is 18.2 Å². The normalized spacial score (nSPS) is 10.1. The van der Waals surface area contributed by atoms with Crippen molar-refractivity contribution in [3.63, 3.8) is 0 Å². The molecule has 2 aromatic carbocycles. The van der Waals surface area contributed by atoms with Gasteiger partial charge in [-0.2, -0.15) is 0 Å². The second-order valence-corrected chi connectivity index (χ2v) is 5.64. The zero-order valence-electron chi connectivity index (χ0n) is 12.6. The molecule has 0 saturated carbocycles. The highest BCUT2D eigenvalue weighted by molar-refractivity contribution is 9.10. The van der Waals surface area contributed by atoms with Crippen molar-refractivity contribution in [1.29, 1.82) is 0 Å². The SMILES string of the molecule is O=C(CNC(=O)c1cccc(F)c1)OCCOc1cccc(Br)c1. The highest BCUT2D eigenvalue weighted by atomic mass is 79.9. The molecule has 2 aromatic rings. The van der Waals surface area contributed by atoms with Gasteiger partial charge >= 0.3 is 5.97 Å². The smallest absolute Gasteiger partial charge is 0.325 e. The molecule has 0 aromatic heterocycles. The van der Waals surface area contributed by atoms with Gasteiger partial charge in [0.05, 0.1) is 0 Å². The third-order valence-corrected chi connectivity index (χ3v) is 3.38. The van der Waals surface area contributed by atoms with Gasteiger partial charge in [-0.25, -0.2) is 4.39 Å². The summed E-state index contributed by atoms with van der Waals surface area (Å²) in [4.78, 5) is 23.3. The third-order valence-electron chi connectivity index (χ3n) is 2.89. The summed E-state index contributed by atoms with van der Waals surface area (Å²) in [5.74, 6) is -1.01. The van der Waals surface area contributed by atoms with Crippen molar-refractivity contribution in [2.24, 2.45) is 0 Å². The summed E-state index contributed by atoms with van der Waals surface area (Å²) in [7, 11) is 0. The third kappa shape index (κ3) is 6.00. The molecule has 0 heterocycles. The molecule has 1 N–H and O–H groups in total. The molecule has 0 radical (unpaired) electrons. The molecule has 5 nitrogen and oxygen atoms in total. The van der Waals surface area contributed by atoms with Gasteiger partial charge in [0.1, 0.15) is 31.3 Å². The Morgan fingerprint density at radius 2 is 1.88 bits per heavy atom. The van der Waals surface area contributed by atoms with Crippen LogP contribution in [0.4, 0.5) is 4.39 Å². The Labute approximate surface area is 146 Å². The van der Waals surface area contributed by atoms with Gasteiger partial charge in [0.15, 0.2) is 0 Å². The summed E-state index contributed by atoms with van der Waals surface area (Å²) >= 11 is 3.32. The van der Waals surface area contributed by atoms with E-state index in [1.54, 1.807) is 12.1 Å². The summed E-state index contributed by atoms with van der Waals surface area (Å²) < 4.78 is 24.2. The molecule has 0 aliphatic rings. The van der Waals surface area contributed by atoms with Gasteiger partial charge in [0.25, 0.3) is 5.91 Å². The molecule has 0 aliphatic heterocycles. The van der Waals surface area contributed by atoms with Crippen LogP contribution in [0.5, 0.6) is 5.75 Å². The lowest BCUT2D eigenvalue weighted by Gasteiger charge is -2.08. The first-order valence-electron chi connectivity index (χ1n) is 7.12. The minimum absolute atomic E-state index is 0.0567. The number of hydrogen-bond acceptors (Lipinski definition) is 4. The fraction of sp³-hybridized carbons (Fsp3) is 0.176. The minimum Gasteiger partial charge on any atom is -0.490 e. The zero-order chi connectivity index (χ0) is 17.4. The van der Waals surface area contributed by atoms with E-state index < -0.39 is 17.7 Å². The number of esters is 1. The average Bonchev–Trinajstić information content (AvgIpc) is 2.56. The van der Waals surface area contributed by atoms with E-state index in [0.29, 0.717) is 5.75 Å². The number of carbonyl (C=O) groups is 2. The molecule has 0 fully saturated rings. The van der Waals surface area contributed by atoms with Crippen LogP contribution < -0.4 is 10.1 Å². The summed E-state index contributed by atoms with van der Waals surface area (Å²) in [6.45, 7) is -0.0482. The predicted molar refractivity (Wildman–Crippen MR) is 89.3 cm³/mol. The number of halogens is 2. The van der Waals surface area contributed by atoms with Gasteiger partial charge in [0, 0.05) is 10.0 Å². The lowest BCUT2D eigenvalue weighted by atomic mass is 10.2. The van der Waals surface area contributed by atoms with Crippen molar-refractivity contribution in [3.8, 4) is 5.75 Å². The standard InChI is InChI=1S/C17H15BrFNO4/c18-13-4-2-6-15(10-13)23-7-8-24-16(21)11-20-17(22)12-3-1-5-14(19)9-12/h1-6,9-10H,7-8,11H2,(H,20,22). The second-order valence-electron chi connectivity index (χ2n) is 4.72. The number of carbonyl (C=O) groups excluding carboxylic acids is 2. The van der Waals surface area contributed by atoms with E-state index in [-0.39, 0.29) is 25.3 Å². The molecule has 0 atom stereocenters. The molecular weight excluding hydrogens is 381 g/mol. The summed E-state index contributed by atoms with van der Waals surface area (Å²) in [5, 5.41) is 2.36. The van der Waals surface area contributed by atoms with Gasteiger partial charge in [-0.1, -0.05) is 28.1 Å². The van der Waals surface area contributed by atoms with Crippen LogP contribution in [0.2, 0.25) is 0 Å². The molecule has 0 saturated heterocycles. The highest BCUT2D eigenvalue weighted by Gasteiger charge is 2.09. The van der Waals surface area contributed by atoms with E-state index >= 15 is 0 Å². The minimum atomic E-state index is -0.599. The van der Waals surface area contributed by atoms with Crippen molar-refractivity contribution in [2.45, 2.75) is 0 Å². The Balaban J connectivity index is 1.65. The molecule has 0 aliphatic carbocycles. The summed E-state index contributed by atoms with van der Waals surface area (Å²) in [5.41, 5.74) is 0.140. The van der Waals surface area contributed by atoms with Crippen LogP contribution in [0.15, 0.2) is 53.0 Å². The Bertz CT molecular complexity index is 723. The lowest BCUT2D eigenvalue weighted by Crippen LogP contribution is -2.31. The van der Waals surface area contributed by atoms with Crippen molar-refractivity contribution < 1.29 is 23.5 Å². The maximum Gasteiger partial charge on any atom is 0.325 e. The van der Waals surface area contributed by atoms with Gasteiger partial charge in [0.2, 0.25) is 0 Å². The first-order chi connectivity index (χ1) is 11.5. The van der Waals surface area contributed by atoms with E-state index in [2.05, 4.69) is 21.2 Å². The Hall–Kier alpha value is -2.41. The van der Waals surface area contributed by atoms with Crippen LogP contribution in [0.3, 0.4) is 0 Å². The largest absolute Gasteiger partial charge is 0.490 e. The maximum absolute atomic E-state index is 13.0. The summed E-state index contributed by atoms with van der Waals surface area (Å²) in [6.07, 6.45) is 0. The number of hydrogen-bond donors (Lipinski definition) is 1. The summed E-state index contributed by atoms with van der Waals surface area (Å²) in [6, 6.07) is 12.5. The maximum atomic E-state index is 13.0. The van der Waals surface area contributed by atoms with Gasteiger partial charge in [-0.05, 0) is 36.4 Å². The highest BCUT2D eigenvalue weighted by Crippen LogP contribution is 2.17. The molecule has 126 valence electrons. The molecule has 1 amide bonds. The average molecular weight is 396 g/mol. The van der Waals surface area contributed by atoms with Crippen molar-refractivity contribution in [1.82, 2.24) is 5.32 Å². The molecule has 24 heavy (non-hydrogen) atoms. The second kappa shape index (κ2) is 9.02. The van der Waals surface area contributed by atoms with Crippen LogP contribution in [-0.4, -0.2) is 31.6 Å². The topological polar surface area (TPSA) is 64.6 Å². The molecule has 7 heteroatoms. The fourth-order valence-electron chi connectivity index (χ4n) is 1.81. The van der Waals surface area contributed by atoms with Crippen LogP contribution in [0.25, 0.3) is 0 Å². The lowest BCUT2D eigenvalue weighted by molar-refractivity contribution is -0.143. The number of amides is 1. The van der Waals surface area contributed by atoms with Crippen LogP contribution in [0.1, 0.15) is 10.4 Å². The van der Waals surface area contributed by atoms with Crippen molar-refractivity contribution in [3.05, 3.63) is 64.4 Å². The first kappa shape index (κ1) is 17.9.